The quantitative estimate of drug-likeness (QED) is 0.427. The molecule has 0 spiro atoms. The van der Waals surface area contributed by atoms with Crippen molar-refractivity contribution in [2.45, 2.75) is 90.5 Å². The molecule has 1 fully saturated rings. The Kier molecular flexibility index (Phi) is 8.70. The number of hydrogen-bond acceptors (Lipinski definition) is 5. The second kappa shape index (κ2) is 11.9. The summed E-state index contributed by atoms with van der Waals surface area (Å²) in [5, 5.41) is 9.91. The van der Waals surface area contributed by atoms with Crippen LogP contribution in [-0.4, -0.2) is 42.7 Å². The smallest absolute Gasteiger partial charge is 0.319 e. The largest absolute Gasteiger partial charge is 0.362 e. The topological polar surface area (TPSA) is 82.2 Å². The van der Waals surface area contributed by atoms with Gasteiger partial charge in [-0.05, 0) is 80.8 Å². The van der Waals surface area contributed by atoms with Gasteiger partial charge in [-0.1, -0.05) is 39.0 Å². The maximum Gasteiger partial charge on any atom is 0.319 e. The van der Waals surface area contributed by atoms with Crippen LogP contribution in [0.4, 0.5) is 22.2 Å². The highest BCUT2D eigenvalue weighted by atomic mass is 16.2. The second-order valence-corrected chi connectivity index (χ2v) is 11.0. The van der Waals surface area contributed by atoms with Crippen LogP contribution in [0.2, 0.25) is 0 Å². The molecule has 0 radical (unpaired) electrons. The second-order valence-electron chi connectivity index (χ2n) is 11.0. The molecule has 2 aliphatic rings. The molecule has 0 atom stereocenters. The Bertz CT molecular complexity index is 1040. The number of aryl methyl sites for hydroxylation is 2. The highest BCUT2D eigenvalue weighted by Crippen LogP contribution is 2.31. The number of urea groups is 1. The molecule has 2 aliphatic carbocycles. The molecule has 0 saturated heterocycles. The van der Waals surface area contributed by atoms with Crippen molar-refractivity contribution in [2.75, 3.05) is 36.2 Å². The lowest BCUT2D eigenvalue weighted by molar-refractivity contribution is 0.246. The highest BCUT2D eigenvalue weighted by molar-refractivity contribution is 5.91. The summed E-state index contributed by atoms with van der Waals surface area (Å²) in [4.78, 5) is 24.6. The Labute approximate surface area is 216 Å². The fraction of sp³-hybridized carbons (Fsp3) is 0.621. The minimum atomic E-state index is -0.100. The first kappa shape index (κ1) is 26.2. The molecule has 1 saturated carbocycles. The van der Waals surface area contributed by atoms with Gasteiger partial charge in [-0.15, -0.1) is 0 Å². The lowest BCUT2D eigenvalue weighted by Gasteiger charge is -2.30. The van der Waals surface area contributed by atoms with E-state index in [-0.39, 0.29) is 6.03 Å². The number of nitrogens with one attached hydrogen (secondary N) is 3. The van der Waals surface area contributed by atoms with Crippen LogP contribution in [0.1, 0.15) is 87.6 Å². The van der Waals surface area contributed by atoms with Crippen LogP contribution in [0.25, 0.3) is 0 Å². The molecule has 0 aliphatic heterocycles. The van der Waals surface area contributed by atoms with E-state index in [1.165, 1.54) is 35.2 Å². The monoisotopic (exact) mass is 492 g/mol. The van der Waals surface area contributed by atoms with Gasteiger partial charge in [0.15, 0.2) is 0 Å². The molecular weight excluding hydrogens is 448 g/mol. The van der Waals surface area contributed by atoms with Crippen LogP contribution < -0.4 is 20.9 Å². The van der Waals surface area contributed by atoms with Gasteiger partial charge in [-0.2, -0.15) is 4.98 Å². The number of carbonyl (C=O) groups is 1. The zero-order valence-electron chi connectivity index (χ0n) is 22.8. The Morgan fingerprint density at radius 3 is 2.53 bits per heavy atom. The van der Waals surface area contributed by atoms with Crippen LogP contribution in [-0.2, 0) is 19.3 Å². The zero-order valence-corrected chi connectivity index (χ0v) is 22.8. The van der Waals surface area contributed by atoms with E-state index in [2.05, 4.69) is 73.9 Å². The number of hydrogen-bond donors (Lipinski definition) is 3. The van der Waals surface area contributed by atoms with Crippen molar-refractivity contribution in [1.29, 1.82) is 0 Å². The lowest BCUT2D eigenvalue weighted by Crippen LogP contribution is -2.36. The third kappa shape index (κ3) is 6.29. The van der Waals surface area contributed by atoms with E-state index in [4.69, 9.17) is 9.97 Å². The number of carbonyl (C=O) groups excluding carboxylic acids is 1. The number of rotatable bonds is 8. The van der Waals surface area contributed by atoms with Crippen molar-refractivity contribution in [3.8, 4) is 0 Å². The zero-order chi connectivity index (χ0) is 25.7. The van der Waals surface area contributed by atoms with Gasteiger partial charge < -0.3 is 20.9 Å². The Balaban J connectivity index is 1.28. The van der Waals surface area contributed by atoms with Gasteiger partial charge in [-0.25, -0.2) is 9.78 Å². The molecule has 0 unspecified atom stereocenters. The third-order valence-corrected chi connectivity index (χ3v) is 7.74. The van der Waals surface area contributed by atoms with Crippen molar-refractivity contribution in [2.24, 2.45) is 5.92 Å². The standard InChI is InChI=1S/C29H44N6O/c1-6-21-10-9-12-23(19(2)3)26(21)33-29(36)30-18-20-14-16-22(17-15-20)31-28-32-25-13-8-7-11-24(25)27(34-28)35(4)5/h9-10,12,19-20,22H,6-8,11,13-18H2,1-5H3,(H2,30,33,36)(H,31,32,34). The van der Waals surface area contributed by atoms with Gasteiger partial charge in [-0.3, -0.25) is 0 Å². The van der Waals surface area contributed by atoms with Gasteiger partial charge in [0.05, 0.1) is 5.69 Å². The third-order valence-electron chi connectivity index (χ3n) is 7.74. The van der Waals surface area contributed by atoms with Gasteiger partial charge in [0.1, 0.15) is 5.82 Å². The number of nitrogens with zero attached hydrogens (tertiary/aromatic N) is 3. The Hall–Kier alpha value is -2.83. The van der Waals surface area contributed by atoms with E-state index in [0.29, 0.717) is 24.4 Å². The van der Waals surface area contributed by atoms with E-state index < -0.39 is 0 Å². The first-order chi connectivity index (χ1) is 17.4. The van der Waals surface area contributed by atoms with E-state index in [1.54, 1.807) is 0 Å². The van der Waals surface area contributed by atoms with E-state index in [0.717, 1.165) is 62.4 Å². The van der Waals surface area contributed by atoms with Crippen LogP contribution >= 0.6 is 0 Å². The van der Waals surface area contributed by atoms with Crippen LogP contribution in [0.15, 0.2) is 18.2 Å². The van der Waals surface area contributed by atoms with Gasteiger partial charge in [0.2, 0.25) is 5.95 Å². The minimum absolute atomic E-state index is 0.100. The first-order valence-electron chi connectivity index (χ1n) is 13.9. The average Bonchev–Trinajstić information content (AvgIpc) is 2.87. The first-order valence-corrected chi connectivity index (χ1v) is 13.9. The van der Waals surface area contributed by atoms with Crippen molar-refractivity contribution in [1.82, 2.24) is 15.3 Å². The summed E-state index contributed by atoms with van der Waals surface area (Å²) < 4.78 is 0. The molecule has 7 heteroatoms. The number of aromatic nitrogens is 2. The van der Waals surface area contributed by atoms with E-state index in [9.17, 15) is 4.79 Å². The highest BCUT2D eigenvalue weighted by Gasteiger charge is 2.24. The maximum atomic E-state index is 12.8. The summed E-state index contributed by atoms with van der Waals surface area (Å²) in [6.45, 7) is 7.18. The molecule has 1 aromatic heterocycles. The number of anilines is 3. The summed E-state index contributed by atoms with van der Waals surface area (Å²) in [5.41, 5.74) is 5.90. The van der Waals surface area contributed by atoms with Gasteiger partial charge in [0.25, 0.3) is 0 Å². The molecular formula is C29H44N6O. The van der Waals surface area contributed by atoms with E-state index in [1.807, 2.05) is 0 Å². The SMILES string of the molecule is CCc1cccc(C(C)C)c1NC(=O)NCC1CCC(Nc2nc3c(c(N(C)C)n2)CCCC3)CC1. The number of amides is 2. The Morgan fingerprint density at radius 1 is 1.08 bits per heavy atom. The predicted molar refractivity (Wildman–Crippen MR) is 149 cm³/mol. The minimum Gasteiger partial charge on any atom is -0.362 e. The van der Waals surface area contributed by atoms with Crippen LogP contribution in [0, 0.1) is 5.92 Å². The molecule has 0 bridgehead atoms. The van der Waals surface area contributed by atoms with Crippen molar-refractivity contribution < 1.29 is 4.79 Å². The lowest BCUT2D eigenvalue weighted by atomic mass is 9.86. The molecule has 7 nitrogen and oxygen atoms in total. The number of fused-ring (bicyclic) bond motifs is 1. The number of para-hydroxylation sites is 1. The molecule has 2 amide bonds. The molecule has 2 aromatic rings. The average molecular weight is 493 g/mol. The fourth-order valence-electron chi connectivity index (χ4n) is 5.65. The molecule has 3 N–H and O–H groups in total. The van der Waals surface area contributed by atoms with Crippen LogP contribution in [0.3, 0.4) is 0 Å². The molecule has 1 heterocycles. The summed E-state index contributed by atoms with van der Waals surface area (Å²) >= 11 is 0. The summed E-state index contributed by atoms with van der Waals surface area (Å²) in [6.07, 6.45) is 9.79. The van der Waals surface area contributed by atoms with E-state index >= 15 is 0 Å². The summed E-state index contributed by atoms with van der Waals surface area (Å²) in [5.74, 6) is 2.70. The number of benzene rings is 1. The summed E-state index contributed by atoms with van der Waals surface area (Å²) in [6, 6.07) is 6.58. The maximum absolute atomic E-state index is 12.8. The molecule has 36 heavy (non-hydrogen) atoms. The fourth-order valence-corrected chi connectivity index (χ4v) is 5.65. The van der Waals surface area contributed by atoms with Crippen molar-refractivity contribution in [3.63, 3.8) is 0 Å². The normalized spacial score (nSPS) is 19.5. The van der Waals surface area contributed by atoms with Gasteiger partial charge >= 0.3 is 6.03 Å². The van der Waals surface area contributed by atoms with Gasteiger partial charge in [0, 0.05) is 37.9 Å². The molecule has 1 aromatic carbocycles. The summed E-state index contributed by atoms with van der Waals surface area (Å²) in [7, 11) is 4.14. The predicted octanol–water partition coefficient (Wildman–Crippen LogP) is 5.90. The molecule has 196 valence electrons. The van der Waals surface area contributed by atoms with Crippen LogP contribution in [0.5, 0.6) is 0 Å². The van der Waals surface area contributed by atoms with Crippen molar-refractivity contribution >= 4 is 23.5 Å². The Morgan fingerprint density at radius 2 is 1.83 bits per heavy atom. The van der Waals surface area contributed by atoms with Crippen molar-refractivity contribution in [3.05, 3.63) is 40.6 Å². The molecule has 4 rings (SSSR count).